The molecule has 0 atom stereocenters. The van der Waals surface area contributed by atoms with Gasteiger partial charge in [0.15, 0.2) is 0 Å². The number of nitrogens with zero attached hydrogens (tertiary/aromatic N) is 2. The van der Waals surface area contributed by atoms with Gasteiger partial charge in [-0.2, -0.15) is 0 Å². The Hall–Kier alpha value is -2.69. The van der Waals surface area contributed by atoms with Crippen LogP contribution < -0.4 is 5.56 Å². The summed E-state index contributed by atoms with van der Waals surface area (Å²) in [6.07, 6.45) is 3.76. The van der Waals surface area contributed by atoms with E-state index in [2.05, 4.69) is 15.9 Å². The lowest BCUT2D eigenvalue weighted by atomic mass is 10.2. The van der Waals surface area contributed by atoms with Crippen molar-refractivity contribution in [2.45, 2.75) is 0 Å². The Balaban J connectivity index is 1.95. The van der Waals surface area contributed by atoms with Crippen molar-refractivity contribution in [1.82, 2.24) is 9.55 Å². The molecular weight excluding hydrogens is 424 g/mol. The lowest BCUT2D eigenvalue weighted by molar-refractivity contribution is 0.944. The third-order valence-corrected chi connectivity index (χ3v) is 5.04. The quantitative estimate of drug-likeness (QED) is 0.396. The maximum absolute atomic E-state index is 13.2. The van der Waals surface area contributed by atoms with Gasteiger partial charge in [-0.15, -0.1) is 0 Å². The first-order valence-corrected chi connectivity index (χ1v) is 9.51. The molecule has 1 aromatic heterocycles. The van der Waals surface area contributed by atoms with E-state index in [-0.39, 0.29) is 5.56 Å². The molecule has 0 fully saturated rings. The van der Waals surface area contributed by atoms with E-state index in [0.29, 0.717) is 27.4 Å². The Morgan fingerprint density at radius 2 is 1.59 bits per heavy atom. The molecule has 4 rings (SSSR count). The van der Waals surface area contributed by atoms with E-state index in [1.807, 2.05) is 72.8 Å². The highest BCUT2D eigenvalue weighted by atomic mass is 79.9. The summed E-state index contributed by atoms with van der Waals surface area (Å²) in [5.41, 5.74) is 2.12. The zero-order valence-electron chi connectivity index (χ0n) is 14.1. The molecule has 0 bridgehead atoms. The van der Waals surface area contributed by atoms with Crippen LogP contribution in [0, 0.1) is 0 Å². The maximum Gasteiger partial charge on any atom is 0.266 e. The molecule has 0 aliphatic heterocycles. The van der Waals surface area contributed by atoms with Crippen LogP contribution in [0.5, 0.6) is 0 Å². The summed E-state index contributed by atoms with van der Waals surface area (Å²) in [7, 11) is 0. The number of hydrogen-bond acceptors (Lipinski definition) is 2. The smallest absolute Gasteiger partial charge is 0.266 e. The largest absolute Gasteiger partial charge is 0.268 e. The minimum atomic E-state index is -0.149. The van der Waals surface area contributed by atoms with Gasteiger partial charge in [0.25, 0.3) is 5.56 Å². The zero-order valence-corrected chi connectivity index (χ0v) is 16.5. The second kappa shape index (κ2) is 7.51. The van der Waals surface area contributed by atoms with Gasteiger partial charge < -0.3 is 0 Å². The van der Waals surface area contributed by atoms with Crippen molar-refractivity contribution < 1.29 is 0 Å². The molecule has 0 amide bonds. The second-order valence-electron chi connectivity index (χ2n) is 5.96. The molecule has 5 heteroatoms. The minimum Gasteiger partial charge on any atom is -0.268 e. The molecule has 132 valence electrons. The normalized spacial score (nSPS) is 11.3. The summed E-state index contributed by atoms with van der Waals surface area (Å²) < 4.78 is 2.57. The molecule has 4 aromatic rings. The second-order valence-corrected chi connectivity index (χ2v) is 7.29. The molecule has 3 nitrogen and oxygen atoms in total. The Morgan fingerprint density at radius 3 is 2.37 bits per heavy atom. The number of hydrogen-bond donors (Lipinski definition) is 0. The Morgan fingerprint density at radius 1 is 0.889 bits per heavy atom. The molecule has 0 unspecified atom stereocenters. The SMILES string of the molecule is O=c1c2ccccc2nc(/C=C/c2ccc(Br)cc2)n1-c1ccccc1Cl. The average Bonchev–Trinajstić information content (AvgIpc) is 2.69. The summed E-state index contributed by atoms with van der Waals surface area (Å²) in [6.45, 7) is 0. The fourth-order valence-electron chi connectivity index (χ4n) is 2.87. The van der Waals surface area contributed by atoms with Gasteiger partial charge >= 0.3 is 0 Å². The van der Waals surface area contributed by atoms with Crippen LogP contribution in [-0.2, 0) is 0 Å². The molecule has 0 aliphatic carbocycles. The molecule has 0 saturated heterocycles. The lowest BCUT2D eigenvalue weighted by Crippen LogP contribution is -2.22. The summed E-state index contributed by atoms with van der Waals surface area (Å²) in [4.78, 5) is 17.9. The van der Waals surface area contributed by atoms with Crippen LogP contribution >= 0.6 is 27.5 Å². The molecule has 0 aliphatic rings. The van der Waals surface area contributed by atoms with Crippen molar-refractivity contribution in [1.29, 1.82) is 0 Å². The Bertz CT molecular complexity index is 1210. The van der Waals surface area contributed by atoms with E-state index in [4.69, 9.17) is 16.6 Å². The molecule has 27 heavy (non-hydrogen) atoms. The number of para-hydroxylation sites is 2. The zero-order chi connectivity index (χ0) is 18.8. The van der Waals surface area contributed by atoms with Crippen LogP contribution in [0.4, 0.5) is 0 Å². The third-order valence-electron chi connectivity index (χ3n) is 4.19. The molecule has 1 heterocycles. The highest BCUT2D eigenvalue weighted by Crippen LogP contribution is 2.22. The minimum absolute atomic E-state index is 0.149. The number of aromatic nitrogens is 2. The van der Waals surface area contributed by atoms with Gasteiger partial charge in [-0.05, 0) is 48.0 Å². The van der Waals surface area contributed by atoms with Gasteiger partial charge in [0.2, 0.25) is 0 Å². The number of benzene rings is 3. The number of halogens is 2. The van der Waals surface area contributed by atoms with Gasteiger partial charge in [0, 0.05) is 4.47 Å². The van der Waals surface area contributed by atoms with Crippen molar-refractivity contribution in [2.75, 3.05) is 0 Å². The van der Waals surface area contributed by atoms with E-state index in [1.165, 1.54) is 0 Å². The summed E-state index contributed by atoms with van der Waals surface area (Å²) in [5, 5.41) is 1.05. The van der Waals surface area contributed by atoms with Crippen LogP contribution in [0.2, 0.25) is 5.02 Å². The standard InChI is InChI=1S/C22H14BrClN2O/c23-16-12-9-15(10-13-16)11-14-21-25-19-7-3-1-5-17(19)22(27)26(21)20-8-4-2-6-18(20)24/h1-14H/b14-11+. The van der Waals surface area contributed by atoms with Crippen LogP contribution in [0.1, 0.15) is 11.4 Å². The monoisotopic (exact) mass is 436 g/mol. The maximum atomic E-state index is 13.2. The Kier molecular flexibility index (Phi) is 4.92. The van der Waals surface area contributed by atoms with Crippen LogP contribution in [-0.4, -0.2) is 9.55 Å². The molecular formula is C22H14BrClN2O. The van der Waals surface area contributed by atoms with Crippen molar-refractivity contribution in [3.05, 3.63) is 104 Å². The van der Waals surface area contributed by atoms with Gasteiger partial charge in [0.1, 0.15) is 5.82 Å². The molecule has 0 N–H and O–H groups in total. The highest BCUT2D eigenvalue weighted by Gasteiger charge is 2.13. The third kappa shape index (κ3) is 3.59. The molecule has 0 saturated carbocycles. The van der Waals surface area contributed by atoms with Crippen LogP contribution in [0.3, 0.4) is 0 Å². The number of fused-ring (bicyclic) bond motifs is 1. The predicted molar refractivity (Wildman–Crippen MR) is 115 cm³/mol. The molecule has 0 spiro atoms. The lowest BCUT2D eigenvalue weighted by Gasteiger charge is -2.12. The van der Waals surface area contributed by atoms with E-state index in [0.717, 1.165) is 10.0 Å². The van der Waals surface area contributed by atoms with Crippen LogP contribution in [0.15, 0.2) is 82.1 Å². The first kappa shape index (κ1) is 17.7. The van der Waals surface area contributed by atoms with E-state index in [9.17, 15) is 4.79 Å². The van der Waals surface area contributed by atoms with Gasteiger partial charge in [-0.25, -0.2) is 4.98 Å². The summed E-state index contributed by atoms with van der Waals surface area (Å²) in [5.74, 6) is 0.523. The van der Waals surface area contributed by atoms with Gasteiger partial charge in [0.05, 0.1) is 21.6 Å². The van der Waals surface area contributed by atoms with Crippen molar-refractivity contribution >= 4 is 50.6 Å². The fourth-order valence-corrected chi connectivity index (χ4v) is 3.36. The van der Waals surface area contributed by atoms with Crippen molar-refractivity contribution in [3.63, 3.8) is 0 Å². The first-order valence-electron chi connectivity index (χ1n) is 8.34. The number of rotatable bonds is 3. The van der Waals surface area contributed by atoms with E-state index in [1.54, 1.807) is 16.7 Å². The van der Waals surface area contributed by atoms with Crippen LogP contribution in [0.25, 0.3) is 28.7 Å². The van der Waals surface area contributed by atoms with Crippen molar-refractivity contribution in [3.8, 4) is 5.69 Å². The molecule has 0 radical (unpaired) electrons. The highest BCUT2D eigenvalue weighted by molar-refractivity contribution is 9.10. The van der Waals surface area contributed by atoms with Gasteiger partial charge in [-0.1, -0.05) is 70.0 Å². The Labute approximate surface area is 169 Å². The fraction of sp³-hybridized carbons (Fsp3) is 0. The summed E-state index contributed by atoms with van der Waals surface area (Å²) >= 11 is 9.80. The van der Waals surface area contributed by atoms with E-state index >= 15 is 0 Å². The average molecular weight is 438 g/mol. The van der Waals surface area contributed by atoms with Crippen molar-refractivity contribution in [2.24, 2.45) is 0 Å². The topological polar surface area (TPSA) is 34.9 Å². The van der Waals surface area contributed by atoms with Gasteiger partial charge in [-0.3, -0.25) is 9.36 Å². The predicted octanol–water partition coefficient (Wildman–Crippen LogP) is 5.97. The molecule has 3 aromatic carbocycles. The summed E-state index contributed by atoms with van der Waals surface area (Å²) in [6, 6.07) is 22.5. The van der Waals surface area contributed by atoms with E-state index < -0.39 is 0 Å². The first-order chi connectivity index (χ1) is 13.1.